The van der Waals surface area contributed by atoms with Crippen molar-refractivity contribution in [3.63, 3.8) is 0 Å². The van der Waals surface area contributed by atoms with Crippen molar-refractivity contribution in [1.29, 1.82) is 0 Å². The number of hydrogen-bond acceptors (Lipinski definition) is 3. The number of nitrogens with zero attached hydrogens (tertiary/aromatic N) is 1. The molecule has 0 saturated heterocycles. The second-order valence-corrected chi connectivity index (χ2v) is 5.07. The van der Waals surface area contributed by atoms with Crippen LogP contribution in [0.15, 0.2) is 40.8 Å². The van der Waals surface area contributed by atoms with Gasteiger partial charge >= 0.3 is 0 Å². The van der Waals surface area contributed by atoms with E-state index in [0.29, 0.717) is 6.54 Å². The number of hydrogen-bond donors (Lipinski definition) is 1. The number of anilines is 1. The van der Waals surface area contributed by atoms with Crippen LogP contribution < -0.4 is 5.32 Å². The van der Waals surface area contributed by atoms with Crippen molar-refractivity contribution in [2.24, 2.45) is 0 Å². The summed E-state index contributed by atoms with van der Waals surface area (Å²) < 4.78 is 18.7. The van der Waals surface area contributed by atoms with Crippen molar-refractivity contribution in [1.82, 2.24) is 4.98 Å². The van der Waals surface area contributed by atoms with Gasteiger partial charge in [-0.05, 0) is 48.4 Å². The quantitative estimate of drug-likeness (QED) is 0.769. The van der Waals surface area contributed by atoms with Crippen LogP contribution in [0.4, 0.5) is 10.1 Å². The minimum atomic E-state index is -0.202. The summed E-state index contributed by atoms with van der Waals surface area (Å²) in [6, 6.07) is 10.7. The molecule has 0 aliphatic heterocycles. The van der Waals surface area contributed by atoms with Crippen LogP contribution in [0.2, 0.25) is 0 Å². The lowest BCUT2D eigenvalue weighted by molar-refractivity contribution is 0.538. The topological polar surface area (TPSA) is 38.1 Å². The highest BCUT2D eigenvalue weighted by atomic mass is 19.1. The van der Waals surface area contributed by atoms with Crippen molar-refractivity contribution < 1.29 is 8.81 Å². The molecular formula is C17H17FN2O. The van der Waals surface area contributed by atoms with Gasteiger partial charge in [-0.2, -0.15) is 0 Å². The van der Waals surface area contributed by atoms with Crippen LogP contribution in [-0.2, 0) is 13.0 Å². The monoisotopic (exact) mass is 284 g/mol. The van der Waals surface area contributed by atoms with E-state index >= 15 is 0 Å². The zero-order chi connectivity index (χ0) is 14.8. The lowest BCUT2D eigenvalue weighted by Crippen LogP contribution is -2.01. The molecule has 1 heterocycles. The van der Waals surface area contributed by atoms with E-state index in [9.17, 15) is 4.39 Å². The van der Waals surface area contributed by atoms with E-state index in [-0.39, 0.29) is 5.82 Å². The Labute approximate surface area is 122 Å². The number of halogens is 1. The van der Waals surface area contributed by atoms with E-state index in [1.54, 1.807) is 6.07 Å². The van der Waals surface area contributed by atoms with Gasteiger partial charge in [0.1, 0.15) is 11.3 Å². The second-order valence-electron chi connectivity index (χ2n) is 5.07. The number of fused-ring (bicyclic) bond motifs is 1. The van der Waals surface area contributed by atoms with Gasteiger partial charge in [0.2, 0.25) is 0 Å². The molecule has 0 aliphatic rings. The smallest absolute Gasteiger partial charge is 0.195 e. The molecule has 0 atom stereocenters. The molecule has 3 nitrogen and oxygen atoms in total. The SMILES string of the molecule is CCc1nc2cc(NCc3ccc(F)cc3C)ccc2o1. The van der Waals surface area contributed by atoms with E-state index in [0.717, 1.165) is 40.2 Å². The Kier molecular flexibility index (Phi) is 3.60. The Morgan fingerprint density at radius 3 is 2.81 bits per heavy atom. The highest BCUT2D eigenvalue weighted by molar-refractivity contribution is 5.77. The van der Waals surface area contributed by atoms with E-state index in [1.165, 1.54) is 6.07 Å². The number of rotatable bonds is 4. The fraction of sp³-hybridized carbons (Fsp3) is 0.235. The highest BCUT2D eigenvalue weighted by Crippen LogP contribution is 2.21. The standard InChI is InChI=1S/C17H17FN2O/c1-3-17-20-15-9-14(6-7-16(15)21-17)19-10-12-4-5-13(18)8-11(12)2/h4-9,19H,3,10H2,1-2H3. The summed E-state index contributed by atoms with van der Waals surface area (Å²) >= 11 is 0. The van der Waals surface area contributed by atoms with Gasteiger partial charge < -0.3 is 9.73 Å². The van der Waals surface area contributed by atoms with Crippen molar-refractivity contribution in [2.45, 2.75) is 26.8 Å². The number of benzene rings is 2. The van der Waals surface area contributed by atoms with Gasteiger partial charge in [-0.15, -0.1) is 0 Å². The third kappa shape index (κ3) is 2.89. The van der Waals surface area contributed by atoms with Crippen molar-refractivity contribution >= 4 is 16.8 Å². The molecule has 0 amide bonds. The summed E-state index contributed by atoms with van der Waals surface area (Å²) in [4.78, 5) is 4.42. The molecule has 2 aromatic carbocycles. The van der Waals surface area contributed by atoms with Gasteiger partial charge in [0.05, 0.1) is 0 Å². The Balaban J connectivity index is 1.78. The minimum absolute atomic E-state index is 0.202. The van der Waals surface area contributed by atoms with Gasteiger partial charge in [-0.25, -0.2) is 9.37 Å². The summed E-state index contributed by atoms with van der Waals surface area (Å²) in [5.74, 6) is 0.545. The fourth-order valence-electron chi connectivity index (χ4n) is 2.29. The Morgan fingerprint density at radius 1 is 1.19 bits per heavy atom. The van der Waals surface area contributed by atoms with Crippen LogP contribution in [0.5, 0.6) is 0 Å². The van der Waals surface area contributed by atoms with Crippen LogP contribution in [-0.4, -0.2) is 4.98 Å². The molecule has 4 heteroatoms. The maximum Gasteiger partial charge on any atom is 0.195 e. The summed E-state index contributed by atoms with van der Waals surface area (Å²) in [7, 11) is 0. The lowest BCUT2D eigenvalue weighted by Gasteiger charge is -2.09. The summed E-state index contributed by atoms with van der Waals surface area (Å²) in [5.41, 5.74) is 4.65. The molecule has 1 N–H and O–H groups in total. The summed E-state index contributed by atoms with van der Waals surface area (Å²) in [6.07, 6.45) is 0.784. The molecule has 0 fully saturated rings. The molecule has 0 saturated carbocycles. The Bertz CT molecular complexity index is 780. The molecule has 21 heavy (non-hydrogen) atoms. The van der Waals surface area contributed by atoms with Crippen LogP contribution >= 0.6 is 0 Å². The Morgan fingerprint density at radius 2 is 2.05 bits per heavy atom. The molecule has 0 unspecified atom stereocenters. The molecule has 0 radical (unpaired) electrons. The maximum absolute atomic E-state index is 13.1. The van der Waals surface area contributed by atoms with Crippen molar-refractivity contribution in [2.75, 3.05) is 5.32 Å². The van der Waals surface area contributed by atoms with Crippen LogP contribution in [0, 0.1) is 12.7 Å². The zero-order valence-corrected chi connectivity index (χ0v) is 12.1. The van der Waals surface area contributed by atoms with E-state index in [2.05, 4.69) is 10.3 Å². The summed E-state index contributed by atoms with van der Waals surface area (Å²) in [5, 5.41) is 3.34. The molecule has 0 spiro atoms. The van der Waals surface area contributed by atoms with Crippen LogP contribution in [0.3, 0.4) is 0 Å². The van der Waals surface area contributed by atoms with E-state index in [1.807, 2.05) is 38.1 Å². The Hall–Kier alpha value is -2.36. The van der Waals surface area contributed by atoms with E-state index < -0.39 is 0 Å². The average molecular weight is 284 g/mol. The predicted molar refractivity (Wildman–Crippen MR) is 81.9 cm³/mol. The van der Waals surface area contributed by atoms with Gasteiger partial charge in [-0.1, -0.05) is 13.0 Å². The van der Waals surface area contributed by atoms with Gasteiger partial charge in [0.15, 0.2) is 11.5 Å². The number of nitrogens with one attached hydrogen (secondary N) is 1. The zero-order valence-electron chi connectivity index (χ0n) is 12.1. The van der Waals surface area contributed by atoms with Gasteiger partial charge in [0.25, 0.3) is 0 Å². The average Bonchev–Trinajstić information content (AvgIpc) is 2.88. The minimum Gasteiger partial charge on any atom is -0.441 e. The first-order valence-corrected chi connectivity index (χ1v) is 7.04. The molecule has 0 aliphatic carbocycles. The van der Waals surface area contributed by atoms with Crippen molar-refractivity contribution in [3.8, 4) is 0 Å². The number of aromatic nitrogens is 1. The third-order valence-corrected chi connectivity index (χ3v) is 3.52. The predicted octanol–water partition coefficient (Wildman–Crippen LogP) is 4.45. The molecule has 3 rings (SSSR count). The molecule has 3 aromatic rings. The van der Waals surface area contributed by atoms with Gasteiger partial charge in [-0.3, -0.25) is 0 Å². The van der Waals surface area contributed by atoms with Crippen molar-refractivity contribution in [3.05, 3.63) is 59.2 Å². The second kappa shape index (κ2) is 5.56. The third-order valence-electron chi connectivity index (χ3n) is 3.52. The highest BCUT2D eigenvalue weighted by Gasteiger charge is 2.05. The number of aryl methyl sites for hydroxylation is 2. The largest absolute Gasteiger partial charge is 0.441 e. The van der Waals surface area contributed by atoms with Crippen LogP contribution in [0.25, 0.3) is 11.1 Å². The molecule has 0 bridgehead atoms. The van der Waals surface area contributed by atoms with E-state index in [4.69, 9.17) is 4.42 Å². The number of oxazole rings is 1. The lowest BCUT2D eigenvalue weighted by atomic mass is 10.1. The normalized spacial score (nSPS) is 11.0. The first-order valence-electron chi connectivity index (χ1n) is 7.04. The maximum atomic E-state index is 13.1. The first-order chi connectivity index (χ1) is 10.2. The molecular weight excluding hydrogens is 267 g/mol. The fourth-order valence-corrected chi connectivity index (χ4v) is 2.29. The summed E-state index contributed by atoms with van der Waals surface area (Å²) in [6.45, 7) is 4.58. The van der Waals surface area contributed by atoms with Gasteiger partial charge in [0, 0.05) is 18.7 Å². The molecule has 108 valence electrons. The van der Waals surface area contributed by atoms with Crippen LogP contribution in [0.1, 0.15) is 23.9 Å². The first kappa shape index (κ1) is 13.6. The molecule has 1 aromatic heterocycles.